The van der Waals surface area contributed by atoms with Gasteiger partial charge in [0.1, 0.15) is 10.6 Å². The molecule has 1 aliphatic heterocycles. The first-order chi connectivity index (χ1) is 17.0. The molecule has 0 N–H and O–H groups in total. The normalized spacial score (nSPS) is 13.8. The van der Waals surface area contributed by atoms with Gasteiger partial charge in [-0.15, -0.1) is 11.3 Å². The predicted molar refractivity (Wildman–Crippen MR) is 143 cm³/mol. The van der Waals surface area contributed by atoms with Crippen molar-refractivity contribution < 1.29 is 9.53 Å². The van der Waals surface area contributed by atoms with E-state index in [9.17, 15) is 9.59 Å². The first kappa shape index (κ1) is 23.8. The van der Waals surface area contributed by atoms with Gasteiger partial charge in [0.2, 0.25) is 0 Å². The maximum absolute atomic E-state index is 14.0. The smallest absolute Gasteiger partial charge is 0.267 e. The van der Waals surface area contributed by atoms with E-state index in [2.05, 4.69) is 18.7 Å². The van der Waals surface area contributed by atoms with E-state index in [0.29, 0.717) is 33.6 Å². The topological polar surface area (TPSA) is 64.4 Å². The Morgan fingerprint density at radius 2 is 1.89 bits per heavy atom. The fourth-order valence-corrected chi connectivity index (χ4v) is 6.57. The second-order valence-corrected chi connectivity index (χ2v) is 10.8. The van der Waals surface area contributed by atoms with Crippen LogP contribution in [0.3, 0.4) is 0 Å². The minimum Gasteiger partial charge on any atom is -0.497 e. The lowest BCUT2D eigenvalue weighted by Crippen LogP contribution is -2.35. The molecular weight excluding hydrogens is 478 g/mol. The van der Waals surface area contributed by atoms with Crippen molar-refractivity contribution in [1.29, 1.82) is 0 Å². The Morgan fingerprint density at radius 3 is 2.57 bits per heavy atom. The van der Waals surface area contributed by atoms with Gasteiger partial charge in [0.15, 0.2) is 10.9 Å². The van der Waals surface area contributed by atoms with Gasteiger partial charge < -0.3 is 4.74 Å². The third-order valence-corrected chi connectivity index (χ3v) is 8.41. The summed E-state index contributed by atoms with van der Waals surface area (Å²) < 4.78 is 6.94. The minimum atomic E-state index is -0.0784. The van der Waals surface area contributed by atoms with Crippen LogP contribution in [-0.2, 0) is 13.0 Å². The van der Waals surface area contributed by atoms with Crippen molar-refractivity contribution in [3.8, 4) is 11.4 Å². The zero-order valence-corrected chi connectivity index (χ0v) is 21.6. The van der Waals surface area contributed by atoms with Crippen LogP contribution < -0.4 is 10.3 Å². The van der Waals surface area contributed by atoms with Crippen LogP contribution in [0.5, 0.6) is 5.75 Å². The first-order valence-electron chi connectivity index (χ1n) is 11.6. The van der Waals surface area contributed by atoms with Crippen molar-refractivity contribution in [3.05, 3.63) is 81.0 Å². The van der Waals surface area contributed by atoms with Gasteiger partial charge in [-0.25, -0.2) is 4.98 Å². The van der Waals surface area contributed by atoms with E-state index in [0.717, 1.165) is 29.9 Å². The second-order valence-electron chi connectivity index (χ2n) is 8.81. The number of aromatic nitrogens is 2. The van der Waals surface area contributed by atoms with Gasteiger partial charge in [0.05, 0.1) is 23.9 Å². The summed E-state index contributed by atoms with van der Waals surface area (Å²) >= 11 is 2.91. The summed E-state index contributed by atoms with van der Waals surface area (Å²) in [4.78, 5) is 36.1. The molecule has 0 saturated heterocycles. The minimum absolute atomic E-state index is 0.00396. The number of thiophene rings is 1. The molecule has 0 spiro atoms. The maximum Gasteiger partial charge on any atom is 0.267 e. The van der Waals surface area contributed by atoms with E-state index < -0.39 is 0 Å². The van der Waals surface area contributed by atoms with E-state index in [1.54, 1.807) is 23.0 Å². The van der Waals surface area contributed by atoms with Crippen LogP contribution in [-0.4, -0.2) is 45.7 Å². The lowest BCUT2D eigenvalue weighted by Gasteiger charge is -2.30. The fourth-order valence-electron chi connectivity index (χ4n) is 4.38. The highest BCUT2D eigenvalue weighted by molar-refractivity contribution is 7.99. The number of Topliss-reactive ketones (excluding diaryl/α,β-unsaturated/α-hetero) is 1. The Morgan fingerprint density at radius 1 is 1.14 bits per heavy atom. The Kier molecular flexibility index (Phi) is 6.77. The standard InChI is InChI=1S/C27H27N3O3S2/c1-17(2)29-14-13-21-23(15-29)35-25-24(21)26(32)30(19-9-11-20(33-3)12-10-19)27(28-25)34-16-22(31)18-7-5-4-6-8-18/h4-12,17H,13-16H2,1-3H3. The number of ketones is 1. The number of carbonyl (C=O) groups is 1. The average molecular weight is 506 g/mol. The fraction of sp³-hybridized carbons (Fsp3) is 0.296. The van der Waals surface area contributed by atoms with E-state index in [1.807, 2.05) is 54.6 Å². The molecule has 0 atom stereocenters. The highest BCUT2D eigenvalue weighted by Gasteiger charge is 2.26. The summed E-state index contributed by atoms with van der Waals surface area (Å²) in [5, 5.41) is 1.24. The molecule has 8 heteroatoms. The first-order valence-corrected chi connectivity index (χ1v) is 13.4. The van der Waals surface area contributed by atoms with Gasteiger partial charge in [-0.2, -0.15) is 0 Å². The molecule has 180 valence electrons. The van der Waals surface area contributed by atoms with Crippen molar-refractivity contribution >= 4 is 39.1 Å². The molecule has 0 unspecified atom stereocenters. The molecule has 1 aliphatic rings. The number of nitrogens with zero attached hydrogens (tertiary/aromatic N) is 3. The summed E-state index contributed by atoms with van der Waals surface area (Å²) in [6.45, 7) is 6.17. The third-order valence-electron chi connectivity index (χ3n) is 6.36. The van der Waals surface area contributed by atoms with Crippen molar-refractivity contribution in [2.75, 3.05) is 19.4 Å². The summed E-state index contributed by atoms with van der Waals surface area (Å²) in [7, 11) is 1.61. The Labute approximate surface area is 212 Å². The third kappa shape index (κ3) is 4.66. The van der Waals surface area contributed by atoms with Gasteiger partial charge >= 0.3 is 0 Å². The molecule has 2 aromatic carbocycles. The molecule has 35 heavy (non-hydrogen) atoms. The van der Waals surface area contributed by atoms with Crippen LogP contribution >= 0.6 is 23.1 Å². The number of thioether (sulfide) groups is 1. The average Bonchev–Trinajstić information content (AvgIpc) is 3.25. The molecule has 5 rings (SSSR count). The number of carbonyl (C=O) groups excluding carboxylic acids is 1. The van der Waals surface area contributed by atoms with Gasteiger partial charge in [-0.1, -0.05) is 42.1 Å². The largest absolute Gasteiger partial charge is 0.497 e. The van der Waals surface area contributed by atoms with Crippen molar-refractivity contribution in [2.45, 2.75) is 38.0 Å². The number of methoxy groups -OCH3 is 1. The van der Waals surface area contributed by atoms with Gasteiger partial charge in [-0.05, 0) is 50.1 Å². The molecule has 4 aromatic rings. The number of hydrogen-bond donors (Lipinski definition) is 0. The lowest BCUT2D eigenvalue weighted by molar-refractivity contribution is 0.102. The van der Waals surface area contributed by atoms with Gasteiger partial charge in [0, 0.05) is 29.6 Å². The number of rotatable bonds is 7. The molecule has 0 fully saturated rings. The molecule has 0 radical (unpaired) electrons. The Hall–Kier alpha value is -2.94. The molecule has 0 aliphatic carbocycles. The monoisotopic (exact) mass is 505 g/mol. The molecule has 0 saturated carbocycles. The highest BCUT2D eigenvalue weighted by atomic mass is 32.2. The van der Waals surface area contributed by atoms with Crippen LogP contribution in [0.25, 0.3) is 15.9 Å². The Bertz CT molecular complexity index is 1430. The van der Waals surface area contributed by atoms with Crippen molar-refractivity contribution in [1.82, 2.24) is 14.5 Å². The van der Waals surface area contributed by atoms with Crippen LogP contribution in [0.2, 0.25) is 0 Å². The quantitative estimate of drug-likeness (QED) is 0.196. The summed E-state index contributed by atoms with van der Waals surface area (Å²) in [5.74, 6) is 0.917. The van der Waals surface area contributed by atoms with E-state index in [1.165, 1.54) is 16.6 Å². The van der Waals surface area contributed by atoms with Crippen LogP contribution in [0.4, 0.5) is 0 Å². The van der Waals surface area contributed by atoms with Gasteiger partial charge in [0.25, 0.3) is 5.56 Å². The molecule has 6 nitrogen and oxygen atoms in total. The van der Waals surface area contributed by atoms with Crippen LogP contribution in [0, 0.1) is 0 Å². The van der Waals surface area contributed by atoms with E-state index in [-0.39, 0.29) is 17.1 Å². The molecular formula is C27H27N3O3S2. The summed E-state index contributed by atoms with van der Waals surface area (Å²) in [6.07, 6.45) is 0.839. The van der Waals surface area contributed by atoms with Crippen LogP contribution in [0.1, 0.15) is 34.6 Å². The zero-order chi connectivity index (χ0) is 24.5. The van der Waals surface area contributed by atoms with Crippen molar-refractivity contribution in [2.24, 2.45) is 0 Å². The molecule has 3 heterocycles. The van der Waals surface area contributed by atoms with E-state index >= 15 is 0 Å². The molecule has 0 amide bonds. The number of fused-ring (bicyclic) bond motifs is 3. The van der Waals surface area contributed by atoms with E-state index in [4.69, 9.17) is 9.72 Å². The summed E-state index contributed by atoms with van der Waals surface area (Å²) in [5.41, 5.74) is 2.41. The Balaban J connectivity index is 1.59. The number of hydrogen-bond acceptors (Lipinski definition) is 7. The summed E-state index contributed by atoms with van der Waals surface area (Å²) in [6, 6.07) is 17.0. The zero-order valence-electron chi connectivity index (χ0n) is 20.0. The van der Waals surface area contributed by atoms with Gasteiger partial charge in [-0.3, -0.25) is 19.1 Å². The molecule has 0 bridgehead atoms. The van der Waals surface area contributed by atoms with Crippen molar-refractivity contribution in [3.63, 3.8) is 0 Å². The van der Waals surface area contributed by atoms with Crippen LogP contribution in [0.15, 0.2) is 64.5 Å². The molecule has 2 aromatic heterocycles. The lowest BCUT2D eigenvalue weighted by atomic mass is 10.0. The maximum atomic E-state index is 14.0. The second kappa shape index (κ2) is 9.97. The predicted octanol–water partition coefficient (Wildman–Crippen LogP) is 5.20. The highest BCUT2D eigenvalue weighted by Crippen LogP contribution is 2.35. The number of benzene rings is 2. The number of ether oxygens (including phenoxy) is 1. The SMILES string of the molecule is COc1ccc(-n2c(SCC(=O)c3ccccc3)nc3sc4c(c3c2=O)CCN(C(C)C)C4)cc1.